The second-order valence-corrected chi connectivity index (χ2v) is 14.7. The van der Waals surface area contributed by atoms with Crippen LogP contribution in [-0.2, 0) is 9.57 Å². The molecule has 6 rings (SSSR count). The lowest BCUT2D eigenvalue weighted by Gasteiger charge is -2.58. The van der Waals surface area contributed by atoms with E-state index in [1.165, 1.54) is 0 Å². The largest absolute Gasteiger partial charge is 0.460 e. The summed E-state index contributed by atoms with van der Waals surface area (Å²) in [4.78, 5) is 18.4. The molecule has 0 saturated heterocycles. The van der Waals surface area contributed by atoms with Crippen LogP contribution in [0, 0.1) is 17.8 Å². The number of rotatable bonds is 18. The van der Waals surface area contributed by atoms with E-state index in [0.717, 1.165) is 72.3 Å². The highest BCUT2D eigenvalue weighted by atomic mass is 32.2. The second kappa shape index (κ2) is 17.6. The second-order valence-electron chi connectivity index (χ2n) is 13.4. The molecule has 1 saturated carbocycles. The number of allylic oxidation sites excluding steroid dienone is 1. The topological polar surface area (TPSA) is 107 Å². The molecular weight excluding hydrogens is 663 g/mol. The number of aldehydes is 1. The standard InChI is InChI=1S/C42H49NO7S/c1-3-23-47-42-39(51-33-16-6-5-7-17-33)27-37(43-48-4-2)35-25-30(14-8-10-21-44)34(18-9-11-22-45)40(41(35)42)36-26-32(19-20-38(36)50-42)49-31-15-12-13-29(24-31)28-46/h3,5-7,12-13,15-17,19-20,24-26,28,30,34,39-41,44-45H,1,4,8-11,14,18,21-23,27H2,2H3/t30-,34+,39-,40+,41+,42+/m0/s1. The molecule has 3 aromatic rings. The monoisotopic (exact) mass is 711 g/mol. The van der Waals surface area contributed by atoms with E-state index in [1.54, 1.807) is 30.0 Å². The fourth-order valence-electron chi connectivity index (χ4n) is 8.08. The molecule has 0 aromatic heterocycles. The summed E-state index contributed by atoms with van der Waals surface area (Å²) < 4.78 is 20.6. The van der Waals surface area contributed by atoms with Crippen LogP contribution < -0.4 is 9.47 Å². The van der Waals surface area contributed by atoms with Crippen LogP contribution in [0.15, 0.2) is 107 Å². The van der Waals surface area contributed by atoms with Gasteiger partial charge in [-0.25, -0.2) is 0 Å². The summed E-state index contributed by atoms with van der Waals surface area (Å²) in [6.45, 7) is 7.01. The Morgan fingerprint density at radius 3 is 2.51 bits per heavy atom. The number of carbonyl (C=O) groups is 1. The van der Waals surface area contributed by atoms with Crippen LogP contribution in [0.3, 0.4) is 0 Å². The van der Waals surface area contributed by atoms with Gasteiger partial charge in [0.15, 0.2) is 0 Å². The average Bonchev–Trinajstić information content (AvgIpc) is 3.16. The van der Waals surface area contributed by atoms with E-state index in [2.05, 4.69) is 30.9 Å². The molecule has 0 unspecified atom stereocenters. The normalized spacial score (nSPS) is 25.6. The number of carbonyl (C=O) groups excluding carboxylic acids is 1. The molecule has 0 amide bonds. The van der Waals surface area contributed by atoms with Gasteiger partial charge in [0.05, 0.1) is 23.5 Å². The van der Waals surface area contributed by atoms with Gasteiger partial charge in [-0.1, -0.05) is 60.5 Å². The van der Waals surface area contributed by atoms with Gasteiger partial charge >= 0.3 is 0 Å². The predicted octanol–water partition coefficient (Wildman–Crippen LogP) is 8.74. The molecule has 1 aliphatic heterocycles. The number of hydrogen-bond donors (Lipinski definition) is 2. The number of benzene rings is 3. The molecule has 8 nitrogen and oxygen atoms in total. The van der Waals surface area contributed by atoms with E-state index >= 15 is 0 Å². The maximum absolute atomic E-state index is 11.5. The SMILES string of the molecule is C=CCO[C@@]12Oc3ccc(Oc4cccc(C=O)c4)cc3[C@H]3[C@H](CCCCO)[C@@H](CCCCO)C=C(C(=NOCC)C[C@@H]1Sc1ccccc1)[C@H]32. The summed E-state index contributed by atoms with van der Waals surface area (Å²) in [5.41, 5.74) is 3.57. The summed E-state index contributed by atoms with van der Waals surface area (Å²) in [7, 11) is 0. The zero-order chi connectivity index (χ0) is 35.6. The van der Waals surface area contributed by atoms with Crippen LogP contribution in [0.25, 0.3) is 0 Å². The summed E-state index contributed by atoms with van der Waals surface area (Å²) in [5.74, 6) is 1.00. The number of thioether (sulfide) groups is 1. The van der Waals surface area contributed by atoms with Gasteiger partial charge in [0, 0.05) is 41.6 Å². The number of nitrogens with zero attached hydrogens (tertiary/aromatic N) is 1. The Morgan fingerprint density at radius 2 is 1.76 bits per heavy atom. The molecule has 0 spiro atoms. The summed E-state index contributed by atoms with van der Waals surface area (Å²) in [5, 5.41) is 24.2. The van der Waals surface area contributed by atoms with E-state index in [9.17, 15) is 15.0 Å². The lowest BCUT2D eigenvalue weighted by atomic mass is 9.56. The number of unbranched alkanes of at least 4 members (excludes halogenated alkanes) is 2. The Morgan fingerprint density at radius 1 is 0.980 bits per heavy atom. The lowest BCUT2D eigenvalue weighted by Crippen LogP contribution is -2.64. The minimum Gasteiger partial charge on any atom is -0.460 e. The highest BCUT2D eigenvalue weighted by molar-refractivity contribution is 8.00. The Hall–Kier alpha value is -3.89. The maximum atomic E-state index is 11.5. The molecule has 9 heteroatoms. The van der Waals surface area contributed by atoms with Crippen LogP contribution in [0.1, 0.15) is 73.7 Å². The Balaban J connectivity index is 1.55. The molecule has 2 N–H and O–H groups in total. The number of fused-ring (bicyclic) bond motifs is 2. The smallest absolute Gasteiger partial charge is 0.231 e. The summed E-state index contributed by atoms with van der Waals surface area (Å²) in [6, 6.07) is 23.5. The van der Waals surface area contributed by atoms with E-state index in [4.69, 9.17) is 24.2 Å². The first-order chi connectivity index (χ1) is 25.0. The van der Waals surface area contributed by atoms with Gasteiger partial charge in [0.25, 0.3) is 0 Å². The van der Waals surface area contributed by atoms with Crippen molar-refractivity contribution in [3.63, 3.8) is 0 Å². The van der Waals surface area contributed by atoms with Crippen molar-refractivity contribution in [2.75, 3.05) is 26.4 Å². The van der Waals surface area contributed by atoms with E-state index in [0.29, 0.717) is 36.7 Å². The molecule has 1 fully saturated rings. The van der Waals surface area contributed by atoms with Crippen molar-refractivity contribution in [3.8, 4) is 17.2 Å². The lowest BCUT2D eigenvalue weighted by molar-refractivity contribution is -0.223. The fourth-order valence-corrected chi connectivity index (χ4v) is 9.39. The number of aliphatic hydroxyl groups excluding tert-OH is 2. The number of ether oxygens (including phenoxy) is 3. The highest BCUT2D eigenvalue weighted by Gasteiger charge is 2.64. The number of aliphatic hydroxyl groups is 2. The van der Waals surface area contributed by atoms with Crippen LogP contribution in [-0.4, -0.2) is 59.7 Å². The minimum atomic E-state index is -1.06. The summed E-state index contributed by atoms with van der Waals surface area (Å²) >= 11 is 1.74. The van der Waals surface area contributed by atoms with Crippen molar-refractivity contribution in [2.24, 2.45) is 22.9 Å². The molecule has 1 heterocycles. The molecule has 2 aliphatic carbocycles. The first kappa shape index (κ1) is 36.9. The van der Waals surface area contributed by atoms with Gasteiger partial charge in [0.1, 0.15) is 30.1 Å². The average molecular weight is 712 g/mol. The van der Waals surface area contributed by atoms with Gasteiger partial charge in [-0.05, 0) is 92.5 Å². The van der Waals surface area contributed by atoms with Gasteiger partial charge in [0.2, 0.25) is 5.79 Å². The quantitative estimate of drug-likeness (QED) is 0.0584. The predicted molar refractivity (Wildman–Crippen MR) is 201 cm³/mol. The van der Waals surface area contributed by atoms with E-state index in [-0.39, 0.29) is 42.1 Å². The molecular formula is C42H49NO7S. The van der Waals surface area contributed by atoms with Crippen LogP contribution >= 0.6 is 11.8 Å². The van der Waals surface area contributed by atoms with Gasteiger partial charge in [-0.2, -0.15) is 0 Å². The van der Waals surface area contributed by atoms with Crippen molar-refractivity contribution in [3.05, 3.63) is 108 Å². The third-order valence-electron chi connectivity index (χ3n) is 10.2. The van der Waals surface area contributed by atoms with Crippen molar-refractivity contribution in [1.82, 2.24) is 0 Å². The highest BCUT2D eigenvalue weighted by Crippen LogP contribution is 2.63. The Bertz CT molecular complexity index is 1690. The summed E-state index contributed by atoms with van der Waals surface area (Å²) in [6.07, 6.45) is 10.6. The van der Waals surface area contributed by atoms with E-state index < -0.39 is 5.79 Å². The van der Waals surface area contributed by atoms with Crippen molar-refractivity contribution in [2.45, 2.75) is 73.7 Å². The molecule has 3 aliphatic rings. The molecule has 0 radical (unpaired) electrons. The van der Waals surface area contributed by atoms with Gasteiger partial charge in [-0.3, -0.25) is 4.79 Å². The van der Waals surface area contributed by atoms with Gasteiger partial charge < -0.3 is 29.3 Å². The Labute approximate surface area is 305 Å². The fraction of sp³-hybridized carbons (Fsp3) is 0.429. The van der Waals surface area contributed by atoms with Crippen molar-refractivity contribution in [1.29, 1.82) is 0 Å². The number of oxime groups is 1. The van der Waals surface area contributed by atoms with Crippen molar-refractivity contribution >= 4 is 23.8 Å². The number of hydrogen-bond acceptors (Lipinski definition) is 9. The molecule has 3 aromatic carbocycles. The Kier molecular flexibility index (Phi) is 12.7. The zero-order valence-electron chi connectivity index (χ0n) is 29.3. The molecule has 6 atom stereocenters. The van der Waals surface area contributed by atoms with Crippen molar-refractivity contribution < 1.29 is 34.1 Å². The molecule has 51 heavy (non-hydrogen) atoms. The van der Waals surface area contributed by atoms with E-state index in [1.807, 2.05) is 49.4 Å². The molecule has 0 bridgehead atoms. The molecule has 270 valence electrons. The first-order valence-corrected chi connectivity index (χ1v) is 19.1. The van der Waals surface area contributed by atoms with Crippen LogP contribution in [0.5, 0.6) is 17.2 Å². The zero-order valence-corrected chi connectivity index (χ0v) is 30.1. The first-order valence-electron chi connectivity index (χ1n) is 18.2. The van der Waals surface area contributed by atoms with Crippen LogP contribution in [0.4, 0.5) is 0 Å². The maximum Gasteiger partial charge on any atom is 0.231 e. The minimum absolute atomic E-state index is 0.0488. The van der Waals surface area contributed by atoms with Gasteiger partial charge in [-0.15, -0.1) is 18.3 Å². The third kappa shape index (κ3) is 8.12. The van der Waals surface area contributed by atoms with Crippen LogP contribution in [0.2, 0.25) is 0 Å². The third-order valence-corrected chi connectivity index (χ3v) is 11.5.